The number of likely N-dealkylation sites (tertiary alicyclic amines) is 1. The molecule has 2 unspecified atom stereocenters. The van der Waals surface area contributed by atoms with Gasteiger partial charge < -0.3 is 20.2 Å². The highest BCUT2D eigenvalue weighted by Gasteiger charge is 2.35. The SMILES string of the molecule is CCC(=O)CCC(CNC(=O)CC)OP(=O)(O)OCC(=O)N1C[C@H](O)C[C@H]1CC. The minimum atomic E-state index is -4.60. The summed E-state index contributed by atoms with van der Waals surface area (Å²) in [7, 11) is -4.60. The lowest BCUT2D eigenvalue weighted by Gasteiger charge is -2.24. The van der Waals surface area contributed by atoms with Crippen molar-refractivity contribution in [2.75, 3.05) is 19.7 Å². The van der Waals surface area contributed by atoms with E-state index in [0.29, 0.717) is 19.3 Å². The molecule has 29 heavy (non-hydrogen) atoms. The normalized spacial score (nSPS) is 22.2. The lowest BCUT2D eigenvalue weighted by Crippen LogP contribution is -2.38. The number of phosphoric acid groups is 1. The number of phosphoric ester groups is 1. The molecule has 0 spiro atoms. The quantitative estimate of drug-likeness (QED) is 0.365. The molecule has 10 nitrogen and oxygen atoms in total. The Kier molecular flexibility index (Phi) is 11.0. The summed E-state index contributed by atoms with van der Waals surface area (Å²) in [5.74, 6) is -0.812. The molecule has 4 atom stereocenters. The van der Waals surface area contributed by atoms with Gasteiger partial charge in [0.1, 0.15) is 12.4 Å². The number of Topliss-reactive ketones (excluding diaryl/α,β-unsaturated/α-hetero) is 1. The van der Waals surface area contributed by atoms with E-state index in [0.717, 1.165) is 0 Å². The van der Waals surface area contributed by atoms with Gasteiger partial charge in [-0.3, -0.25) is 23.4 Å². The molecule has 168 valence electrons. The van der Waals surface area contributed by atoms with Gasteiger partial charge in [-0.15, -0.1) is 0 Å². The second kappa shape index (κ2) is 12.4. The van der Waals surface area contributed by atoms with Crippen molar-refractivity contribution in [1.29, 1.82) is 0 Å². The summed E-state index contributed by atoms with van der Waals surface area (Å²) in [6.07, 6.45) is 0.410. The number of carbonyl (C=O) groups is 3. The number of aliphatic hydroxyl groups is 1. The molecule has 0 radical (unpaired) electrons. The molecule has 1 saturated heterocycles. The maximum Gasteiger partial charge on any atom is 0.473 e. The van der Waals surface area contributed by atoms with Gasteiger partial charge in [0, 0.05) is 38.4 Å². The van der Waals surface area contributed by atoms with E-state index >= 15 is 0 Å². The summed E-state index contributed by atoms with van der Waals surface area (Å²) >= 11 is 0. The van der Waals surface area contributed by atoms with E-state index in [1.54, 1.807) is 13.8 Å². The molecule has 1 rings (SSSR count). The first-order valence-corrected chi connectivity index (χ1v) is 11.5. The van der Waals surface area contributed by atoms with E-state index in [9.17, 15) is 28.9 Å². The second-order valence-electron chi connectivity index (χ2n) is 7.06. The largest absolute Gasteiger partial charge is 0.473 e. The molecule has 1 heterocycles. The molecule has 3 N–H and O–H groups in total. The van der Waals surface area contributed by atoms with Crippen molar-refractivity contribution in [3.63, 3.8) is 0 Å². The van der Waals surface area contributed by atoms with Crippen LogP contribution in [0, 0.1) is 0 Å². The zero-order chi connectivity index (χ0) is 22.0. The number of nitrogens with one attached hydrogen (secondary N) is 1. The van der Waals surface area contributed by atoms with Gasteiger partial charge >= 0.3 is 7.82 Å². The lowest BCUT2D eigenvalue weighted by molar-refractivity contribution is -0.135. The fraction of sp³-hybridized carbons (Fsp3) is 0.833. The third kappa shape index (κ3) is 9.35. The van der Waals surface area contributed by atoms with E-state index in [4.69, 9.17) is 9.05 Å². The topological polar surface area (TPSA) is 142 Å². The number of amides is 2. The Morgan fingerprint density at radius 2 is 1.93 bits per heavy atom. The molecule has 1 aliphatic heterocycles. The van der Waals surface area contributed by atoms with Gasteiger partial charge in [0.2, 0.25) is 11.8 Å². The summed E-state index contributed by atoms with van der Waals surface area (Å²) in [4.78, 5) is 46.7. The van der Waals surface area contributed by atoms with Gasteiger partial charge in [-0.05, 0) is 19.3 Å². The Labute approximate surface area is 171 Å². The summed E-state index contributed by atoms with van der Waals surface area (Å²) in [5.41, 5.74) is 0. The van der Waals surface area contributed by atoms with Crippen molar-refractivity contribution in [1.82, 2.24) is 10.2 Å². The maximum absolute atomic E-state index is 12.3. The minimum Gasteiger partial charge on any atom is -0.391 e. The monoisotopic (exact) mass is 436 g/mol. The zero-order valence-electron chi connectivity index (χ0n) is 17.3. The van der Waals surface area contributed by atoms with Crippen LogP contribution in [0.15, 0.2) is 0 Å². The number of rotatable bonds is 13. The Bertz CT molecular complexity index is 595. The van der Waals surface area contributed by atoms with Crippen LogP contribution in [0.2, 0.25) is 0 Å². The van der Waals surface area contributed by atoms with E-state index < -0.39 is 32.5 Å². The van der Waals surface area contributed by atoms with Crippen LogP contribution in [0.5, 0.6) is 0 Å². The van der Waals surface area contributed by atoms with Crippen molar-refractivity contribution >= 4 is 25.4 Å². The third-order valence-electron chi connectivity index (χ3n) is 4.80. The van der Waals surface area contributed by atoms with Crippen LogP contribution in [0.3, 0.4) is 0 Å². The summed E-state index contributed by atoms with van der Waals surface area (Å²) in [6, 6.07) is -0.142. The van der Waals surface area contributed by atoms with E-state index in [-0.39, 0.29) is 50.1 Å². The van der Waals surface area contributed by atoms with Gasteiger partial charge in [-0.1, -0.05) is 20.8 Å². The molecule has 0 saturated carbocycles. The Hall–Kier alpha value is -1.32. The van der Waals surface area contributed by atoms with Crippen molar-refractivity contribution in [2.24, 2.45) is 0 Å². The molecule has 1 aliphatic rings. The van der Waals surface area contributed by atoms with Crippen molar-refractivity contribution in [2.45, 2.75) is 77.5 Å². The van der Waals surface area contributed by atoms with Gasteiger partial charge in [0.15, 0.2) is 0 Å². The molecule has 0 aliphatic carbocycles. The minimum absolute atomic E-state index is 0.0394. The first-order valence-electron chi connectivity index (χ1n) is 10.0. The molecule has 0 aromatic rings. The summed E-state index contributed by atoms with van der Waals surface area (Å²) < 4.78 is 22.2. The van der Waals surface area contributed by atoms with Gasteiger partial charge in [-0.2, -0.15) is 0 Å². The highest BCUT2D eigenvalue weighted by atomic mass is 31.2. The van der Waals surface area contributed by atoms with Gasteiger partial charge in [0.25, 0.3) is 0 Å². The van der Waals surface area contributed by atoms with Gasteiger partial charge in [-0.25, -0.2) is 4.57 Å². The number of carbonyl (C=O) groups excluding carboxylic acids is 3. The summed E-state index contributed by atoms with van der Waals surface area (Å²) in [5, 5.41) is 12.3. The molecular weight excluding hydrogens is 403 g/mol. The fourth-order valence-electron chi connectivity index (χ4n) is 3.07. The molecule has 0 aromatic heterocycles. The predicted molar refractivity (Wildman–Crippen MR) is 105 cm³/mol. The van der Waals surface area contributed by atoms with Crippen LogP contribution >= 0.6 is 7.82 Å². The van der Waals surface area contributed by atoms with Crippen LogP contribution < -0.4 is 5.32 Å². The standard InChI is InChI=1S/C18H33N2O8P/c1-4-13-9-15(22)11-20(13)18(24)12-27-29(25,26)28-16(8-7-14(21)5-2)10-19-17(23)6-3/h13,15-16,22H,4-12H2,1-3H3,(H,19,23)(H,25,26)/t13-,15-,16?/m1/s1. The number of hydrogen-bond acceptors (Lipinski definition) is 7. The van der Waals surface area contributed by atoms with Crippen LogP contribution in [0.25, 0.3) is 0 Å². The molecule has 2 amide bonds. The third-order valence-corrected chi connectivity index (χ3v) is 5.82. The number of aliphatic hydroxyl groups excluding tert-OH is 1. The number of nitrogens with zero attached hydrogens (tertiary/aromatic N) is 1. The number of hydrogen-bond donors (Lipinski definition) is 3. The van der Waals surface area contributed by atoms with E-state index in [1.165, 1.54) is 4.90 Å². The van der Waals surface area contributed by atoms with Crippen LogP contribution in [0.4, 0.5) is 0 Å². The molecule has 0 aromatic carbocycles. The average molecular weight is 436 g/mol. The Morgan fingerprint density at radius 1 is 1.24 bits per heavy atom. The van der Waals surface area contributed by atoms with Crippen molar-refractivity contribution < 1.29 is 38.0 Å². The fourth-order valence-corrected chi connectivity index (χ4v) is 3.96. The first-order chi connectivity index (χ1) is 13.6. The van der Waals surface area contributed by atoms with E-state index in [1.807, 2.05) is 6.92 Å². The Morgan fingerprint density at radius 3 is 2.52 bits per heavy atom. The predicted octanol–water partition coefficient (Wildman–Crippen LogP) is 1.15. The Balaban J connectivity index is 2.62. The van der Waals surface area contributed by atoms with Gasteiger partial charge in [0.05, 0.1) is 12.2 Å². The molecule has 11 heteroatoms. The summed E-state index contributed by atoms with van der Waals surface area (Å²) in [6.45, 7) is 4.69. The highest BCUT2D eigenvalue weighted by molar-refractivity contribution is 7.47. The van der Waals surface area contributed by atoms with Crippen molar-refractivity contribution in [3.8, 4) is 0 Å². The number of β-amino-alcohol motifs (C(OH)–C–C–N with tert-alkyl or cyclic N) is 1. The second-order valence-corrected chi connectivity index (χ2v) is 8.46. The van der Waals surface area contributed by atoms with Crippen LogP contribution in [0.1, 0.15) is 59.3 Å². The highest BCUT2D eigenvalue weighted by Crippen LogP contribution is 2.45. The van der Waals surface area contributed by atoms with Crippen molar-refractivity contribution in [3.05, 3.63) is 0 Å². The van der Waals surface area contributed by atoms with E-state index in [2.05, 4.69) is 5.32 Å². The number of ketones is 1. The molecule has 1 fully saturated rings. The molecule has 0 bridgehead atoms. The maximum atomic E-state index is 12.3. The first kappa shape index (κ1) is 25.7. The molecular formula is C18H33N2O8P. The van der Waals surface area contributed by atoms with Crippen LogP contribution in [-0.4, -0.2) is 70.4 Å². The lowest BCUT2D eigenvalue weighted by atomic mass is 10.1. The average Bonchev–Trinajstić information content (AvgIpc) is 3.08. The smallest absolute Gasteiger partial charge is 0.391 e. The zero-order valence-corrected chi connectivity index (χ0v) is 18.2. The van der Waals surface area contributed by atoms with Crippen LogP contribution in [-0.2, 0) is 28.0 Å².